The number of piperidine rings is 1. The second-order valence-corrected chi connectivity index (χ2v) is 10.9. The number of rotatable bonds is 6. The first-order valence-electron chi connectivity index (χ1n) is 12.1. The van der Waals surface area contributed by atoms with Crippen LogP contribution in [0, 0.1) is 12.8 Å². The third-order valence-electron chi connectivity index (χ3n) is 6.64. The van der Waals surface area contributed by atoms with Gasteiger partial charge in [-0.25, -0.2) is 17.9 Å². The molecule has 0 bridgehead atoms. The lowest BCUT2D eigenvalue weighted by molar-refractivity contribution is 0.102. The molecule has 3 aromatic rings. The molecular weight excluding hydrogens is 476 g/mol. The number of carbonyl (C=O) groups is 2. The van der Waals surface area contributed by atoms with Gasteiger partial charge in [-0.3, -0.25) is 4.79 Å². The summed E-state index contributed by atoms with van der Waals surface area (Å²) in [6.07, 6.45) is 0.528. The second-order valence-electron chi connectivity index (χ2n) is 9.20. The largest absolute Gasteiger partial charge is 0.338 e. The summed E-state index contributed by atoms with van der Waals surface area (Å²) in [5.74, 6) is -0.297. The third kappa shape index (κ3) is 5.37. The van der Waals surface area contributed by atoms with E-state index >= 15 is 0 Å². The summed E-state index contributed by atoms with van der Waals surface area (Å²) >= 11 is 0. The number of benzene rings is 3. The lowest BCUT2D eigenvalue weighted by Crippen LogP contribution is -2.53. The SMILES string of the molecule is CCNC(=O)N1CCC(NS(=O)(=O)c2ccc(NC(=O)c3ccccc3C)c3ccccc23)[C@H](C)C1. The molecule has 36 heavy (non-hydrogen) atoms. The lowest BCUT2D eigenvalue weighted by Gasteiger charge is -2.37. The number of aryl methyl sites for hydroxylation is 1. The van der Waals surface area contributed by atoms with Crippen molar-refractivity contribution in [3.63, 3.8) is 0 Å². The number of sulfonamides is 1. The van der Waals surface area contributed by atoms with Crippen LogP contribution in [0.3, 0.4) is 0 Å². The monoisotopic (exact) mass is 508 g/mol. The fourth-order valence-electron chi connectivity index (χ4n) is 4.66. The van der Waals surface area contributed by atoms with E-state index in [0.717, 1.165) is 5.56 Å². The molecule has 1 saturated heterocycles. The van der Waals surface area contributed by atoms with E-state index < -0.39 is 10.0 Å². The van der Waals surface area contributed by atoms with E-state index in [1.807, 2.05) is 45.0 Å². The van der Waals surface area contributed by atoms with Crippen molar-refractivity contribution in [3.8, 4) is 0 Å². The summed E-state index contributed by atoms with van der Waals surface area (Å²) in [5, 5.41) is 6.90. The predicted molar refractivity (Wildman–Crippen MR) is 142 cm³/mol. The molecule has 0 spiro atoms. The van der Waals surface area contributed by atoms with Crippen molar-refractivity contribution in [1.82, 2.24) is 14.9 Å². The number of likely N-dealkylation sites (tertiary alicyclic amines) is 1. The van der Waals surface area contributed by atoms with Gasteiger partial charge in [0, 0.05) is 47.7 Å². The molecule has 9 heteroatoms. The van der Waals surface area contributed by atoms with Gasteiger partial charge in [-0.1, -0.05) is 49.4 Å². The van der Waals surface area contributed by atoms with Crippen LogP contribution in [0.4, 0.5) is 10.5 Å². The topological polar surface area (TPSA) is 108 Å². The maximum atomic E-state index is 13.5. The molecule has 2 atom stereocenters. The highest BCUT2D eigenvalue weighted by atomic mass is 32.2. The minimum atomic E-state index is -3.85. The Bertz CT molecular complexity index is 1390. The van der Waals surface area contributed by atoms with Gasteiger partial charge in [0.15, 0.2) is 0 Å². The van der Waals surface area contributed by atoms with Gasteiger partial charge in [0.05, 0.1) is 4.90 Å². The van der Waals surface area contributed by atoms with Crippen molar-refractivity contribution >= 4 is 38.4 Å². The fraction of sp³-hybridized carbons (Fsp3) is 0.333. The van der Waals surface area contributed by atoms with Crippen LogP contribution in [0.2, 0.25) is 0 Å². The van der Waals surface area contributed by atoms with Crippen LogP contribution in [-0.2, 0) is 10.0 Å². The van der Waals surface area contributed by atoms with Gasteiger partial charge in [0.2, 0.25) is 10.0 Å². The standard InChI is InChI=1S/C27H32N4O4S/c1-4-28-27(33)31-16-15-23(19(3)17-31)30-36(34,35)25-14-13-24(21-11-7-8-12-22(21)25)29-26(32)20-10-6-5-9-18(20)2/h5-14,19,23,30H,4,15-17H2,1-3H3,(H,28,33)(H,29,32)/t19-,23?/m1/s1. The quantitative estimate of drug-likeness (QED) is 0.466. The molecule has 0 radical (unpaired) electrons. The van der Waals surface area contributed by atoms with E-state index in [1.165, 1.54) is 6.07 Å². The van der Waals surface area contributed by atoms with Gasteiger partial charge >= 0.3 is 6.03 Å². The van der Waals surface area contributed by atoms with Crippen molar-refractivity contribution in [1.29, 1.82) is 0 Å². The van der Waals surface area contributed by atoms with Gasteiger partial charge in [0.1, 0.15) is 0 Å². The molecule has 1 fully saturated rings. The smallest absolute Gasteiger partial charge is 0.317 e. The van der Waals surface area contributed by atoms with Crippen molar-refractivity contribution < 1.29 is 18.0 Å². The highest BCUT2D eigenvalue weighted by Crippen LogP contribution is 2.31. The number of fused-ring (bicyclic) bond motifs is 1. The summed E-state index contributed by atoms with van der Waals surface area (Å²) in [6.45, 7) is 7.19. The molecule has 0 aromatic heterocycles. The molecule has 3 N–H and O–H groups in total. The molecule has 8 nitrogen and oxygen atoms in total. The van der Waals surface area contributed by atoms with E-state index in [2.05, 4.69) is 15.4 Å². The normalized spacial score (nSPS) is 18.1. The van der Waals surface area contributed by atoms with Crippen LogP contribution >= 0.6 is 0 Å². The zero-order valence-corrected chi connectivity index (χ0v) is 21.6. The molecule has 1 aliphatic rings. The van der Waals surface area contributed by atoms with Crippen LogP contribution < -0.4 is 15.4 Å². The zero-order valence-electron chi connectivity index (χ0n) is 20.7. The Kier molecular flexibility index (Phi) is 7.61. The van der Waals surface area contributed by atoms with Crippen LogP contribution in [0.1, 0.15) is 36.2 Å². The van der Waals surface area contributed by atoms with Crippen LogP contribution in [0.5, 0.6) is 0 Å². The minimum absolute atomic E-state index is 0.0462. The Morgan fingerprint density at radius 3 is 2.39 bits per heavy atom. The Balaban J connectivity index is 1.57. The zero-order chi connectivity index (χ0) is 25.9. The number of urea groups is 1. The van der Waals surface area contributed by atoms with E-state index in [-0.39, 0.29) is 28.8 Å². The number of amides is 3. The number of anilines is 1. The number of hydrogen-bond acceptors (Lipinski definition) is 4. The maximum Gasteiger partial charge on any atom is 0.317 e. The summed E-state index contributed by atoms with van der Waals surface area (Å²) in [6, 6.07) is 17.2. The fourth-order valence-corrected chi connectivity index (χ4v) is 6.25. The van der Waals surface area contributed by atoms with Gasteiger partial charge < -0.3 is 15.5 Å². The Morgan fingerprint density at radius 1 is 1.00 bits per heavy atom. The molecule has 190 valence electrons. The van der Waals surface area contributed by atoms with Gasteiger partial charge in [-0.2, -0.15) is 0 Å². The molecule has 1 heterocycles. The van der Waals surface area contributed by atoms with Crippen LogP contribution in [-0.4, -0.2) is 50.9 Å². The highest BCUT2D eigenvalue weighted by Gasteiger charge is 2.32. The molecular formula is C27H32N4O4S. The molecule has 3 amide bonds. The Hall–Kier alpha value is -3.43. The Morgan fingerprint density at radius 2 is 1.69 bits per heavy atom. The Labute approximate surface area is 212 Å². The molecule has 3 aromatic carbocycles. The lowest BCUT2D eigenvalue weighted by atomic mass is 9.95. The summed E-state index contributed by atoms with van der Waals surface area (Å²) < 4.78 is 29.8. The van der Waals surface area contributed by atoms with Gasteiger partial charge in [0.25, 0.3) is 5.91 Å². The van der Waals surface area contributed by atoms with Gasteiger partial charge in [-0.05, 0) is 49.9 Å². The molecule has 1 aliphatic heterocycles. The van der Waals surface area contributed by atoms with Crippen molar-refractivity contribution in [2.75, 3.05) is 25.0 Å². The molecule has 4 rings (SSSR count). The average molecular weight is 509 g/mol. The van der Waals surface area contributed by atoms with Crippen molar-refractivity contribution in [2.45, 2.75) is 38.1 Å². The highest BCUT2D eigenvalue weighted by molar-refractivity contribution is 7.89. The van der Waals surface area contributed by atoms with E-state index in [0.29, 0.717) is 48.1 Å². The second kappa shape index (κ2) is 10.7. The summed E-state index contributed by atoms with van der Waals surface area (Å²) in [7, 11) is -3.85. The van der Waals surface area contributed by atoms with E-state index in [1.54, 1.807) is 35.2 Å². The summed E-state index contributed by atoms with van der Waals surface area (Å²) in [4.78, 5) is 26.9. The van der Waals surface area contributed by atoms with E-state index in [4.69, 9.17) is 0 Å². The first-order valence-corrected chi connectivity index (χ1v) is 13.6. The first-order chi connectivity index (χ1) is 17.2. The van der Waals surface area contributed by atoms with Crippen molar-refractivity contribution in [3.05, 3.63) is 71.8 Å². The first kappa shape index (κ1) is 25.7. The molecule has 0 saturated carbocycles. The number of carbonyl (C=O) groups excluding carboxylic acids is 2. The van der Waals surface area contributed by atoms with Gasteiger partial charge in [-0.15, -0.1) is 0 Å². The predicted octanol–water partition coefficient (Wildman–Crippen LogP) is 4.12. The molecule has 0 aliphatic carbocycles. The van der Waals surface area contributed by atoms with Crippen LogP contribution in [0.15, 0.2) is 65.6 Å². The maximum absolute atomic E-state index is 13.5. The number of nitrogens with zero attached hydrogens (tertiary/aromatic N) is 1. The number of hydrogen-bond donors (Lipinski definition) is 3. The number of nitrogens with one attached hydrogen (secondary N) is 3. The summed E-state index contributed by atoms with van der Waals surface area (Å²) in [5.41, 5.74) is 1.96. The molecule has 1 unspecified atom stereocenters. The average Bonchev–Trinajstić information content (AvgIpc) is 2.85. The minimum Gasteiger partial charge on any atom is -0.338 e. The van der Waals surface area contributed by atoms with Crippen LogP contribution in [0.25, 0.3) is 10.8 Å². The third-order valence-corrected chi connectivity index (χ3v) is 8.19. The van der Waals surface area contributed by atoms with Crippen molar-refractivity contribution in [2.24, 2.45) is 5.92 Å². The van der Waals surface area contributed by atoms with E-state index in [9.17, 15) is 18.0 Å².